The van der Waals surface area contributed by atoms with E-state index >= 15 is 0 Å². The molecule has 182 valence electrons. The Bertz CT molecular complexity index is 1310. The van der Waals surface area contributed by atoms with E-state index in [1.165, 1.54) is 28.7 Å². The van der Waals surface area contributed by atoms with Crippen molar-refractivity contribution in [1.82, 2.24) is 19.7 Å². The van der Waals surface area contributed by atoms with Gasteiger partial charge in [0.1, 0.15) is 12.4 Å². The summed E-state index contributed by atoms with van der Waals surface area (Å²) < 4.78 is 7.89. The summed E-state index contributed by atoms with van der Waals surface area (Å²) in [7, 11) is 0. The molecule has 0 aliphatic rings. The quantitative estimate of drug-likeness (QED) is 0.257. The molecule has 4 aromatic rings. The number of anilines is 1. The number of aryl methyl sites for hydroxylation is 3. The van der Waals surface area contributed by atoms with Crippen LogP contribution in [0.25, 0.3) is 11.3 Å². The highest BCUT2D eigenvalue weighted by Crippen LogP contribution is 2.27. The van der Waals surface area contributed by atoms with E-state index < -0.39 is 0 Å². The van der Waals surface area contributed by atoms with Gasteiger partial charge in [0.25, 0.3) is 0 Å². The Kier molecular flexibility index (Phi) is 8.10. The molecular weight excluding hydrogens is 502 g/mol. The summed E-state index contributed by atoms with van der Waals surface area (Å²) in [5, 5.41) is 15.3. The molecule has 10 heteroatoms. The lowest BCUT2D eigenvalue weighted by Gasteiger charge is -2.11. The first-order valence-corrected chi connectivity index (χ1v) is 13.3. The highest BCUT2D eigenvalue weighted by Gasteiger charge is 2.15. The Morgan fingerprint density at radius 3 is 2.54 bits per heavy atom. The van der Waals surface area contributed by atoms with E-state index in [1.807, 2.05) is 74.0 Å². The lowest BCUT2D eigenvalue weighted by Crippen LogP contribution is -2.14. The van der Waals surface area contributed by atoms with Crippen LogP contribution in [0.1, 0.15) is 29.4 Å². The van der Waals surface area contributed by atoms with Crippen molar-refractivity contribution in [2.45, 2.75) is 46.0 Å². The summed E-state index contributed by atoms with van der Waals surface area (Å²) >= 11 is 8.98. The monoisotopic (exact) mass is 527 g/mol. The van der Waals surface area contributed by atoms with E-state index in [4.69, 9.17) is 16.3 Å². The van der Waals surface area contributed by atoms with Crippen LogP contribution >= 0.6 is 34.7 Å². The molecule has 1 N–H and O–H groups in total. The van der Waals surface area contributed by atoms with Crippen LogP contribution in [0.2, 0.25) is 5.02 Å². The fraction of sp³-hybridized carbons (Fsp3) is 0.280. The molecule has 0 aliphatic heterocycles. The van der Waals surface area contributed by atoms with Crippen molar-refractivity contribution >= 4 is 45.7 Å². The molecule has 0 bridgehead atoms. The molecule has 1 amide bonds. The Hall–Kier alpha value is -2.88. The molecule has 2 heterocycles. The number of hydrogen-bond acceptors (Lipinski definition) is 7. The number of benzene rings is 2. The molecule has 0 atom stereocenters. The molecule has 4 rings (SSSR count). The predicted molar refractivity (Wildman–Crippen MR) is 143 cm³/mol. The van der Waals surface area contributed by atoms with Crippen molar-refractivity contribution < 1.29 is 9.53 Å². The van der Waals surface area contributed by atoms with Crippen molar-refractivity contribution in [2.75, 3.05) is 11.1 Å². The van der Waals surface area contributed by atoms with Crippen LogP contribution in [-0.2, 0) is 17.9 Å². The van der Waals surface area contributed by atoms with Gasteiger partial charge in [-0.2, -0.15) is 0 Å². The molecule has 0 unspecified atom stereocenters. The van der Waals surface area contributed by atoms with Gasteiger partial charge < -0.3 is 14.6 Å². The van der Waals surface area contributed by atoms with Gasteiger partial charge in [0.05, 0.1) is 11.4 Å². The molecule has 2 aromatic heterocycles. The van der Waals surface area contributed by atoms with Gasteiger partial charge in [0.2, 0.25) is 5.91 Å². The topological polar surface area (TPSA) is 81.9 Å². The smallest absolute Gasteiger partial charge is 0.236 e. The lowest BCUT2D eigenvalue weighted by molar-refractivity contribution is -0.113. The standard InChI is InChI=1S/C25H26ClN5O2S2/c1-5-31-21(12-33-19-10-16(3)23(26)17(4)11-19)29-30-25(31)35-14-22(32)28-24-27-20(13-34-24)18-8-6-15(2)7-9-18/h6-11,13H,5,12,14H2,1-4H3,(H,27,28,32). The number of carbonyl (C=O) groups is 1. The number of halogens is 1. The Labute approximate surface area is 217 Å². The van der Waals surface area contributed by atoms with Gasteiger partial charge in [0.15, 0.2) is 16.1 Å². The van der Waals surface area contributed by atoms with E-state index in [1.54, 1.807) is 0 Å². The van der Waals surface area contributed by atoms with Crippen LogP contribution in [0, 0.1) is 20.8 Å². The Morgan fingerprint density at radius 2 is 1.86 bits per heavy atom. The molecule has 7 nitrogen and oxygen atoms in total. The minimum absolute atomic E-state index is 0.143. The Balaban J connectivity index is 1.33. The van der Waals surface area contributed by atoms with E-state index in [2.05, 4.69) is 20.5 Å². The van der Waals surface area contributed by atoms with Gasteiger partial charge in [-0.15, -0.1) is 21.5 Å². The van der Waals surface area contributed by atoms with Crippen molar-refractivity contribution in [3.05, 3.63) is 69.3 Å². The lowest BCUT2D eigenvalue weighted by atomic mass is 10.1. The molecule has 0 saturated heterocycles. The molecule has 0 saturated carbocycles. The van der Waals surface area contributed by atoms with Gasteiger partial charge in [0, 0.05) is 22.5 Å². The maximum atomic E-state index is 12.5. The zero-order valence-corrected chi connectivity index (χ0v) is 22.4. The van der Waals surface area contributed by atoms with Crippen LogP contribution in [0.15, 0.2) is 46.9 Å². The van der Waals surface area contributed by atoms with Crippen molar-refractivity contribution in [1.29, 1.82) is 0 Å². The zero-order chi connectivity index (χ0) is 24.9. The average molecular weight is 528 g/mol. The van der Waals surface area contributed by atoms with E-state index in [9.17, 15) is 4.79 Å². The largest absolute Gasteiger partial charge is 0.486 e. The normalized spacial score (nSPS) is 11.0. The molecule has 0 spiro atoms. The first-order chi connectivity index (χ1) is 16.8. The maximum absolute atomic E-state index is 12.5. The third kappa shape index (κ3) is 6.22. The van der Waals surface area contributed by atoms with E-state index in [0.717, 1.165) is 33.2 Å². The summed E-state index contributed by atoms with van der Waals surface area (Å²) in [5.74, 6) is 1.49. The molecule has 0 fully saturated rings. The van der Waals surface area contributed by atoms with Gasteiger partial charge in [-0.3, -0.25) is 4.79 Å². The van der Waals surface area contributed by atoms with Gasteiger partial charge in [-0.1, -0.05) is 53.2 Å². The predicted octanol–water partition coefficient (Wildman–Crippen LogP) is 6.31. The summed E-state index contributed by atoms with van der Waals surface area (Å²) in [6, 6.07) is 12.0. The second-order valence-electron chi connectivity index (χ2n) is 8.04. The van der Waals surface area contributed by atoms with Crippen LogP contribution in [0.3, 0.4) is 0 Å². The fourth-order valence-corrected chi connectivity index (χ4v) is 5.13. The fourth-order valence-electron chi connectivity index (χ4n) is 3.46. The zero-order valence-electron chi connectivity index (χ0n) is 20.0. The van der Waals surface area contributed by atoms with E-state index in [-0.39, 0.29) is 18.3 Å². The SMILES string of the molecule is CCn1c(COc2cc(C)c(Cl)c(C)c2)nnc1SCC(=O)Nc1nc(-c2ccc(C)cc2)cs1. The van der Waals surface area contributed by atoms with Crippen LogP contribution < -0.4 is 10.1 Å². The highest BCUT2D eigenvalue weighted by molar-refractivity contribution is 7.99. The minimum atomic E-state index is -0.143. The summed E-state index contributed by atoms with van der Waals surface area (Å²) in [6.45, 7) is 8.90. The molecule has 0 aliphatic carbocycles. The average Bonchev–Trinajstić information content (AvgIpc) is 3.46. The van der Waals surface area contributed by atoms with Crippen LogP contribution in [-0.4, -0.2) is 31.4 Å². The number of ether oxygens (including phenoxy) is 1. The number of carbonyl (C=O) groups excluding carboxylic acids is 1. The third-order valence-corrected chi connectivity index (χ3v) is 7.64. The van der Waals surface area contributed by atoms with Gasteiger partial charge in [-0.25, -0.2) is 4.98 Å². The number of aromatic nitrogens is 4. The third-order valence-electron chi connectivity index (χ3n) is 5.32. The number of nitrogens with one attached hydrogen (secondary N) is 1. The maximum Gasteiger partial charge on any atom is 0.236 e. The van der Waals surface area contributed by atoms with Crippen molar-refractivity contribution in [3.8, 4) is 17.0 Å². The van der Waals surface area contributed by atoms with Gasteiger partial charge in [-0.05, 0) is 51.0 Å². The van der Waals surface area contributed by atoms with Crippen LogP contribution in [0.5, 0.6) is 5.75 Å². The minimum Gasteiger partial charge on any atom is -0.486 e. The van der Waals surface area contributed by atoms with Crippen LogP contribution in [0.4, 0.5) is 5.13 Å². The number of nitrogens with zero attached hydrogens (tertiary/aromatic N) is 4. The summed E-state index contributed by atoms with van der Waals surface area (Å²) in [6.07, 6.45) is 0. The first-order valence-electron chi connectivity index (χ1n) is 11.1. The molecule has 2 aromatic carbocycles. The second-order valence-corrected chi connectivity index (χ2v) is 10.2. The van der Waals surface area contributed by atoms with Gasteiger partial charge >= 0.3 is 0 Å². The van der Waals surface area contributed by atoms with Crippen molar-refractivity contribution in [2.24, 2.45) is 0 Å². The first kappa shape index (κ1) is 25.2. The number of amides is 1. The molecule has 0 radical (unpaired) electrons. The number of rotatable bonds is 9. The summed E-state index contributed by atoms with van der Waals surface area (Å²) in [4.78, 5) is 17.1. The molecule has 35 heavy (non-hydrogen) atoms. The number of hydrogen-bond donors (Lipinski definition) is 1. The highest BCUT2D eigenvalue weighted by atomic mass is 35.5. The summed E-state index contributed by atoms with van der Waals surface area (Å²) in [5.41, 5.74) is 4.99. The number of thiazole rings is 1. The van der Waals surface area contributed by atoms with E-state index in [0.29, 0.717) is 22.7 Å². The Morgan fingerprint density at radius 1 is 1.14 bits per heavy atom. The molecular formula is C25H26ClN5O2S2. The second kappa shape index (κ2) is 11.2. The van der Waals surface area contributed by atoms with Crippen molar-refractivity contribution in [3.63, 3.8) is 0 Å². The number of thioether (sulfide) groups is 1.